The molecule has 3 aromatic rings. The van der Waals surface area contributed by atoms with Crippen molar-refractivity contribution in [2.24, 2.45) is 4.99 Å². The van der Waals surface area contributed by atoms with Crippen LogP contribution in [-0.2, 0) is 13.1 Å². The Hall–Kier alpha value is -3.00. The van der Waals surface area contributed by atoms with Crippen molar-refractivity contribution in [2.45, 2.75) is 33.9 Å². The Balaban J connectivity index is 1.58. The molecule has 0 unspecified atom stereocenters. The molecule has 0 saturated heterocycles. The first-order valence-electron chi connectivity index (χ1n) is 9.37. The Labute approximate surface area is 173 Å². The number of aryl methyl sites for hydroxylation is 2. The zero-order valence-corrected chi connectivity index (χ0v) is 17.5. The fourth-order valence-electron chi connectivity index (χ4n) is 2.60. The van der Waals surface area contributed by atoms with E-state index in [0.29, 0.717) is 24.7 Å². The molecule has 0 radical (unpaired) electrons. The minimum Gasteiger partial charge on any atom is -0.439 e. The van der Waals surface area contributed by atoms with Crippen LogP contribution in [0.4, 0.5) is 4.39 Å². The summed E-state index contributed by atoms with van der Waals surface area (Å²) in [7, 11) is 0. The van der Waals surface area contributed by atoms with Crippen LogP contribution in [0.15, 0.2) is 47.6 Å². The summed E-state index contributed by atoms with van der Waals surface area (Å²) >= 11 is 1.69. The summed E-state index contributed by atoms with van der Waals surface area (Å²) in [5, 5.41) is 7.65. The lowest BCUT2D eigenvalue weighted by Crippen LogP contribution is -2.36. The first-order valence-corrected chi connectivity index (χ1v) is 10.2. The molecule has 2 aromatic heterocycles. The third-order valence-electron chi connectivity index (χ3n) is 4.01. The largest absolute Gasteiger partial charge is 0.439 e. The van der Waals surface area contributed by atoms with Crippen LogP contribution in [-0.4, -0.2) is 22.5 Å². The number of nitrogens with one attached hydrogen (secondary N) is 2. The molecule has 152 valence electrons. The van der Waals surface area contributed by atoms with E-state index in [1.165, 1.54) is 17.0 Å². The molecule has 0 saturated carbocycles. The van der Waals surface area contributed by atoms with E-state index < -0.39 is 0 Å². The highest BCUT2D eigenvalue weighted by molar-refractivity contribution is 7.11. The molecule has 29 heavy (non-hydrogen) atoms. The van der Waals surface area contributed by atoms with Gasteiger partial charge >= 0.3 is 0 Å². The molecule has 2 heterocycles. The van der Waals surface area contributed by atoms with E-state index in [0.717, 1.165) is 28.8 Å². The van der Waals surface area contributed by atoms with Crippen molar-refractivity contribution in [1.29, 1.82) is 0 Å². The number of aromatic nitrogens is 2. The van der Waals surface area contributed by atoms with E-state index in [4.69, 9.17) is 4.74 Å². The van der Waals surface area contributed by atoms with Gasteiger partial charge in [0, 0.05) is 23.7 Å². The van der Waals surface area contributed by atoms with E-state index in [9.17, 15) is 4.39 Å². The molecular formula is C21H24FN5OS. The molecule has 0 amide bonds. The molecule has 0 aliphatic heterocycles. The second-order valence-electron chi connectivity index (χ2n) is 6.35. The zero-order chi connectivity index (χ0) is 20.6. The van der Waals surface area contributed by atoms with Crippen LogP contribution in [0, 0.1) is 19.7 Å². The van der Waals surface area contributed by atoms with Gasteiger partial charge in [0.15, 0.2) is 5.96 Å². The lowest BCUT2D eigenvalue weighted by Gasteiger charge is -2.11. The molecule has 0 bridgehead atoms. The maximum Gasteiger partial charge on any atom is 0.219 e. The quantitative estimate of drug-likeness (QED) is 0.445. The van der Waals surface area contributed by atoms with Crippen molar-refractivity contribution in [1.82, 2.24) is 20.6 Å². The topological polar surface area (TPSA) is 71.4 Å². The second kappa shape index (κ2) is 9.97. The SMILES string of the molecule is CCNC(=NCc1ccc(Oc2ccc(F)cc2)nc1)NCc1sc(C)nc1C. The first-order chi connectivity index (χ1) is 14.0. The number of aliphatic imine (C=N–C) groups is 1. The van der Waals surface area contributed by atoms with Crippen LogP contribution in [0.1, 0.15) is 28.1 Å². The Morgan fingerprint density at radius 1 is 1.14 bits per heavy atom. The lowest BCUT2D eigenvalue weighted by atomic mass is 10.3. The smallest absolute Gasteiger partial charge is 0.219 e. The minimum absolute atomic E-state index is 0.302. The summed E-state index contributed by atoms with van der Waals surface area (Å²) in [6.07, 6.45) is 1.72. The van der Waals surface area contributed by atoms with Crippen molar-refractivity contribution in [3.05, 3.63) is 69.6 Å². The van der Waals surface area contributed by atoms with Gasteiger partial charge in [-0.15, -0.1) is 11.3 Å². The minimum atomic E-state index is -0.302. The van der Waals surface area contributed by atoms with Crippen molar-refractivity contribution in [3.63, 3.8) is 0 Å². The first kappa shape index (κ1) is 20.7. The molecule has 0 atom stereocenters. The summed E-state index contributed by atoms with van der Waals surface area (Å²) in [6, 6.07) is 9.52. The fourth-order valence-corrected chi connectivity index (χ4v) is 3.48. The lowest BCUT2D eigenvalue weighted by molar-refractivity contribution is 0.461. The summed E-state index contributed by atoms with van der Waals surface area (Å²) in [6.45, 7) is 8.01. The summed E-state index contributed by atoms with van der Waals surface area (Å²) in [5.74, 6) is 1.43. The monoisotopic (exact) mass is 413 g/mol. The number of pyridine rings is 1. The number of halogens is 1. The number of hydrogen-bond donors (Lipinski definition) is 2. The maximum atomic E-state index is 13.0. The van der Waals surface area contributed by atoms with Crippen molar-refractivity contribution in [2.75, 3.05) is 6.54 Å². The van der Waals surface area contributed by atoms with Crippen LogP contribution in [0.3, 0.4) is 0 Å². The van der Waals surface area contributed by atoms with E-state index in [1.807, 2.05) is 26.8 Å². The third-order valence-corrected chi connectivity index (χ3v) is 5.09. The van der Waals surface area contributed by atoms with Crippen LogP contribution in [0.25, 0.3) is 0 Å². The number of ether oxygens (including phenoxy) is 1. The van der Waals surface area contributed by atoms with Gasteiger partial charge in [0.1, 0.15) is 11.6 Å². The maximum absolute atomic E-state index is 13.0. The average molecular weight is 414 g/mol. The molecule has 8 heteroatoms. The van der Waals surface area contributed by atoms with Crippen LogP contribution < -0.4 is 15.4 Å². The van der Waals surface area contributed by atoms with Crippen molar-refractivity contribution in [3.8, 4) is 11.6 Å². The molecule has 0 fully saturated rings. The van der Waals surface area contributed by atoms with E-state index >= 15 is 0 Å². The molecule has 2 N–H and O–H groups in total. The fraction of sp³-hybridized carbons (Fsp3) is 0.286. The highest BCUT2D eigenvalue weighted by Gasteiger charge is 2.06. The van der Waals surface area contributed by atoms with Gasteiger partial charge in [-0.25, -0.2) is 19.4 Å². The van der Waals surface area contributed by atoms with Crippen LogP contribution in [0.5, 0.6) is 11.6 Å². The number of guanidine groups is 1. The van der Waals surface area contributed by atoms with Crippen LogP contribution in [0.2, 0.25) is 0 Å². The van der Waals surface area contributed by atoms with Gasteiger partial charge in [-0.3, -0.25) is 0 Å². The number of rotatable bonds is 7. The Morgan fingerprint density at radius 2 is 1.93 bits per heavy atom. The molecule has 0 aliphatic carbocycles. The van der Waals surface area contributed by atoms with Gasteiger partial charge in [-0.2, -0.15) is 0 Å². The summed E-state index contributed by atoms with van der Waals surface area (Å²) in [5.41, 5.74) is 2.01. The molecule has 0 aliphatic rings. The Morgan fingerprint density at radius 3 is 2.55 bits per heavy atom. The Bertz CT molecular complexity index is 954. The predicted molar refractivity (Wildman–Crippen MR) is 114 cm³/mol. The summed E-state index contributed by atoms with van der Waals surface area (Å²) in [4.78, 5) is 14.6. The van der Waals surface area contributed by atoms with Gasteiger partial charge in [0.05, 0.1) is 23.8 Å². The highest BCUT2D eigenvalue weighted by atomic mass is 32.1. The second-order valence-corrected chi connectivity index (χ2v) is 7.64. The molecule has 1 aromatic carbocycles. The van der Waals surface area contributed by atoms with Gasteiger partial charge in [0.2, 0.25) is 5.88 Å². The average Bonchev–Trinajstić information content (AvgIpc) is 3.04. The normalized spacial score (nSPS) is 11.4. The Kier molecular flexibility index (Phi) is 7.13. The van der Waals surface area contributed by atoms with Gasteiger partial charge in [-0.1, -0.05) is 6.07 Å². The molecular weight excluding hydrogens is 389 g/mol. The third kappa shape index (κ3) is 6.25. The zero-order valence-electron chi connectivity index (χ0n) is 16.7. The summed E-state index contributed by atoms with van der Waals surface area (Å²) < 4.78 is 18.6. The number of hydrogen-bond acceptors (Lipinski definition) is 5. The molecule has 3 rings (SSSR count). The number of nitrogens with zero attached hydrogens (tertiary/aromatic N) is 3. The van der Waals surface area contributed by atoms with E-state index in [-0.39, 0.29) is 5.82 Å². The molecule has 6 nitrogen and oxygen atoms in total. The van der Waals surface area contributed by atoms with Gasteiger partial charge < -0.3 is 15.4 Å². The van der Waals surface area contributed by atoms with E-state index in [2.05, 4.69) is 25.6 Å². The van der Waals surface area contributed by atoms with E-state index in [1.54, 1.807) is 35.7 Å². The van der Waals surface area contributed by atoms with Gasteiger partial charge in [0.25, 0.3) is 0 Å². The predicted octanol–water partition coefficient (Wildman–Crippen LogP) is 4.34. The van der Waals surface area contributed by atoms with Crippen molar-refractivity contribution < 1.29 is 9.13 Å². The van der Waals surface area contributed by atoms with Crippen LogP contribution >= 0.6 is 11.3 Å². The molecule has 0 spiro atoms. The van der Waals surface area contributed by atoms with Gasteiger partial charge in [-0.05, 0) is 50.6 Å². The number of benzene rings is 1. The highest BCUT2D eigenvalue weighted by Crippen LogP contribution is 2.20. The van der Waals surface area contributed by atoms with Crippen molar-refractivity contribution >= 4 is 17.3 Å². The number of thiazole rings is 1. The standard InChI is InChI=1S/C21H24FN5OS/c1-4-23-21(26-13-19-14(2)27-15(3)29-19)25-12-16-5-10-20(24-11-16)28-18-8-6-17(22)7-9-18/h5-11H,4,12-13H2,1-3H3,(H2,23,25,26).